The van der Waals surface area contributed by atoms with Gasteiger partial charge in [-0.25, -0.2) is 0 Å². The van der Waals surface area contributed by atoms with E-state index in [-0.39, 0.29) is 5.91 Å². The van der Waals surface area contributed by atoms with Crippen molar-refractivity contribution in [3.05, 3.63) is 54.4 Å². The smallest absolute Gasteiger partial charge is 0.231 e. The van der Waals surface area contributed by atoms with E-state index in [1.807, 2.05) is 18.2 Å². The van der Waals surface area contributed by atoms with Crippen molar-refractivity contribution >= 4 is 17.3 Å². The van der Waals surface area contributed by atoms with E-state index in [1.54, 1.807) is 42.5 Å². The third-order valence-corrected chi connectivity index (χ3v) is 2.73. The first-order valence-electron chi connectivity index (χ1n) is 5.68. The van der Waals surface area contributed by atoms with Gasteiger partial charge in [-0.15, -0.1) is 0 Å². The van der Waals surface area contributed by atoms with Crippen LogP contribution in [0, 0.1) is 0 Å². The zero-order valence-electron chi connectivity index (χ0n) is 10.2. The van der Waals surface area contributed by atoms with Crippen molar-refractivity contribution in [2.24, 2.45) is 0 Å². The van der Waals surface area contributed by atoms with Crippen molar-refractivity contribution in [1.29, 1.82) is 0 Å². The van der Waals surface area contributed by atoms with Gasteiger partial charge in [0, 0.05) is 30.8 Å². The van der Waals surface area contributed by atoms with Gasteiger partial charge in [0.1, 0.15) is 0 Å². The Hall–Kier alpha value is -2.36. The molecule has 0 aliphatic heterocycles. The number of aromatic nitrogens is 1. The lowest BCUT2D eigenvalue weighted by Gasteiger charge is -2.17. The molecular weight excluding hydrogens is 226 g/mol. The highest BCUT2D eigenvalue weighted by Crippen LogP contribution is 2.13. The van der Waals surface area contributed by atoms with Crippen LogP contribution in [0.1, 0.15) is 5.56 Å². The number of hydrogen-bond donors (Lipinski definition) is 1. The summed E-state index contributed by atoms with van der Waals surface area (Å²) < 4.78 is 0. The Morgan fingerprint density at radius 2 is 2.00 bits per heavy atom. The van der Waals surface area contributed by atoms with Crippen LogP contribution in [0.15, 0.2) is 48.8 Å². The highest BCUT2D eigenvalue weighted by atomic mass is 16.2. The Labute approximate surface area is 106 Å². The number of nitrogens with zero attached hydrogens (tertiary/aromatic N) is 2. The monoisotopic (exact) mass is 241 g/mol. The minimum atomic E-state index is 0.0202. The molecule has 0 saturated heterocycles. The maximum atomic E-state index is 12.1. The van der Waals surface area contributed by atoms with Gasteiger partial charge < -0.3 is 10.6 Å². The van der Waals surface area contributed by atoms with Gasteiger partial charge in [0.2, 0.25) is 5.91 Å². The number of hydrogen-bond acceptors (Lipinski definition) is 3. The third kappa shape index (κ3) is 2.85. The fraction of sp³-hybridized carbons (Fsp3) is 0.143. The van der Waals surface area contributed by atoms with E-state index in [0.29, 0.717) is 12.1 Å². The number of carbonyl (C=O) groups excluding carboxylic acids is 1. The molecule has 2 aromatic rings. The molecule has 2 N–H and O–H groups in total. The predicted octanol–water partition coefficient (Wildman–Crippen LogP) is 1.87. The molecule has 4 heteroatoms. The summed E-state index contributed by atoms with van der Waals surface area (Å²) >= 11 is 0. The zero-order valence-corrected chi connectivity index (χ0v) is 10.2. The van der Waals surface area contributed by atoms with Crippen molar-refractivity contribution in [2.45, 2.75) is 6.42 Å². The number of likely N-dealkylation sites (N-methyl/N-ethyl adjacent to an activating group) is 1. The second-order valence-corrected chi connectivity index (χ2v) is 4.08. The van der Waals surface area contributed by atoms with Crippen LogP contribution in [-0.4, -0.2) is 17.9 Å². The molecule has 4 nitrogen and oxygen atoms in total. The van der Waals surface area contributed by atoms with Crippen molar-refractivity contribution in [3.8, 4) is 0 Å². The van der Waals surface area contributed by atoms with E-state index in [2.05, 4.69) is 4.98 Å². The van der Waals surface area contributed by atoms with Gasteiger partial charge >= 0.3 is 0 Å². The molecule has 0 aliphatic carbocycles. The highest BCUT2D eigenvalue weighted by Gasteiger charge is 2.11. The number of anilines is 2. The molecule has 1 amide bonds. The summed E-state index contributed by atoms with van der Waals surface area (Å²) in [6.07, 6.45) is 3.67. The molecule has 1 heterocycles. The summed E-state index contributed by atoms with van der Waals surface area (Å²) in [5, 5.41) is 0. The molecule has 0 spiro atoms. The highest BCUT2D eigenvalue weighted by molar-refractivity contribution is 5.94. The maximum absolute atomic E-state index is 12.1. The first-order chi connectivity index (χ1) is 8.66. The number of nitrogen functional groups attached to an aromatic ring is 1. The van der Waals surface area contributed by atoms with Gasteiger partial charge in [0.15, 0.2) is 0 Å². The fourth-order valence-corrected chi connectivity index (χ4v) is 1.71. The number of nitrogens with two attached hydrogens (primary N) is 1. The Kier molecular flexibility index (Phi) is 3.57. The van der Waals surface area contributed by atoms with Crippen LogP contribution < -0.4 is 10.6 Å². The van der Waals surface area contributed by atoms with Gasteiger partial charge in [0.25, 0.3) is 0 Å². The summed E-state index contributed by atoms with van der Waals surface area (Å²) in [6, 6.07) is 11.0. The first-order valence-corrected chi connectivity index (χ1v) is 5.68. The normalized spacial score (nSPS) is 10.1. The average Bonchev–Trinajstić information content (AvgIpc) is 2.39. The van der Waals surface area contributed by atoms with Gasteiger partial charge in [0.05, 0.1) is 6.42 Å². The van der Waals surface area contributed by atoms with E-state index in [4.69, 9.17) is 5.73 Å². The number of pyridine rings is 1. The molecule has 1 aromatic carbocycles. The van der Waals surface area contributed by atoms with Crippen molar-refractivity contribution in [3.63, 3.8) is 0 Å². The van der Waals surface area contributed by atoms with Crippen LogP contribution in [0.4, 0.5) is 11.4 Å². The maximum Gasteiger partial charge on any atom is 0.231 e. The number of rotatable bonds is 3. The lowest BCUT2D eigenvalue weighted by Crippen LogP contribution is -2.27. The van der Waals surface area contributed by atoms with Crippen LogP contribution in [0.2, 0.25) is 0 Å². The molecule has 0 radical (unpaired) electrons. The third-order valence-electron chi connectivity index (χ3n) is 2.73. The lowest BCUT2D eigenvalue weighted by molar-refractivity contribution is -0.117. The van der Waals surface area contributed by atoms with Crippen LogP contribution in [0.3, 0.4) is 0 Å². The molecule has 2 rings (SSSR count). The van der Waals surface area contributed by atoms with E-state index in [1.165, 1.54) is 0 Å². The topological polar surface area (TPSA) is 59.2 Å². The molecule has 92 valence electrons. The standard InChI is InChI=1S/C14H15N3O/c1-17(13-5-7-16-8-6-13)14(18)10-11-3-2-4-12(15)9-11/h2-9H,10,15H2,1H3. The second kappa shape index (κ2) is 5.31. The van der Waals surface area contributed by atoms with Gasteiger partial charge in [-0.05, 0) is 29.8 Å². The zero-order chi connectivity index (χ0) is 13.0. The Bertz CT molecular complexity index is 540. The largest absolute Gasteiger partial charge is 0.399 e. The minimum Gasteiger partial charge on any atom is -0.399 e. The van der Waals surface area contributed by atoms with E-state index in [9.17, 15) is 4.79 Å². The van der Waals surface area contributed by atoms with E-state index >= 15 is 0 Å². The molecule has 1 aromatic heterocycles. The molecule has 18 heavy (non-hydrogen) atoms. The predicted molar refractivity (Wildman–Crippen MR) is 72.2 cm³/mol. The van der Waals surface area contributed by atoms with Crippen molar-refractivity contribution in [2.75, 3.05) is 17.7 Å². The molecule has 0 saturated carbocycles. The molecule has 0 atom stereocenters. The van der Waals surface area contributed by atoms with Crippen LogP contribution in [0.25, 0.3) is 0 Å². The first kappa shape index (κ1) is 12.1. The van der Waals surface area contributed by atoms with Crippen LogP contribution in [-0.2, 0) is 11.2 Å². The Morgan fingerprint density at radius 3 is 2.67 bits per heavy atom. The van der Waals surface area contributed by atoms with Gasteiger partial charge in [-0.3, -0.25) is 9.78 Å². The van der Waals surface area contributed by atoms with Gasteiger partial charge in [-0.1, -0.05) is 12.1 Å². The summed E-state index contributed by atoms with van der Waals surface area (Å²) in [7, 11) is 1.75. The summed E-state index contributed by atoms with van der Waals surface area (Å²) in [5.74, 6) is 0.0202. The molecular formula is C14H15N3O. The quantitative estimate of drug-likeness (QED) is 0.834. The number of carbonyl (C=O) groups is 1. The second-order valence-electron chi connectivity index (χ2n) is 4.08. The Balaban J connectivity index is 2.09. The molecule has 0 aliphatic rings. The van der Waals surface area contributed by atoms with E-state index in [0.717, 1.165) is 11.3 Å². The molecule has 0 fully saturated rings. The summed E-state index contributed by atoms with van der Waals surface area (Å²) in [4.78, 5) is 17.6. The van der Waals surface area contributed by atoms with E-state index < -0.39 is 0 Å². The average molecular weight is 241 g/mol. The Morgan fingerprint density at radius 1 is 1.28 bits per heavy atom. The fourth-order valence-electron chi connectivity index (χ4n) is 1.71. The number of benzene rings is 1. The summed E-state index contributed by atoms with van der Waals surface area (Å²) in [6.45, 7) is 0. The number of amides is 1. The SMILES string of the molecule is CN(C(=O)Cc1cccc(N)c1)c1ccncc1. The van der Waals surface area contributed by atoms with Crippen molar-refractivity contribution < 1.29 is 4.79 Å². The lowest BCUT2D eigenvalue weighted by atomic mass is 10.1. The van der Waals surface area contributed by atoms with Gasteiger partial charge in [-0.2, -0.15) is 0 Å². The molecule has 0 bridgehead atoms. The summed E-state index contributed by atoms with van der Waals surface area (Å²) in [5.41, 5.74) is 8.11. The minimum absolute atomic E-state index is 0.0202. The van der Waals surface area contributed by atoms with Crippen molar-refractivity contribution in [1.82, 2.24) is 4.98 Å². The molecule has 0 unspecified atom stereocenters. The van der Waals surface area contributed by atoms with Crippen LogP contribution >= 0.6 is 0 Å². The van der Waals surface area contributed by atoms with Crippen LogP contribution in [0.5, 0.6) is 0 Å².